The number of imidazole rings is 1. The number of primary amides is 1. The zero-order chi connectivity index (χ0) is 24.9. The van der Waals surface area contributed by atoms with Gasteiger partial charge in [0.25, 0.3) is 5.91 Å². The van der Waals surface area contributed by atoms with Crippen LogP contribution < -0.4 is 5.73 Å². The van der Waals surface area contributed by atoms with Gasteiger partial charge in [0.05, 0.1) is 12.1 Å². The summed E-state index contributed by atoms with van der Waals surface area (Å²) >= 11 is 3.49. The first-order valence-electron chi connectivity index (χ1n) is 11.0. The number of carboxylic acids is 1. The fourth-order valence-corrected chi connectivity index (χ4v) is 4.84. The van der Waals surface area contributed by atoms with Crippen LogP contribution in [-0.2, 0) is 13.0 Å². The second-order valence-corrected chi connectivity index (χ2v) is 8.98. The van der Waals surface area contributed by atoms with Crippen LogP contribution in [0.5, 0.6) is 0 Å². The highest BCUT2D eigenvalue weighted by Crippen LogP contribution is 2.39. The molecule has 3 heterocycles. The number of carboxylic acid groups (broad SMARTS) is 1. The Kier molecular flexibility index (Phi) is 5.64. The van der Waals surface area contributed by atoms with E-state index < -0.39 is 11.9 Å². The summed E-state index contributed by atoms with van der Waals surface area (Å²) in [6.07, 6.45) is 0.690. The molecule has 0 spiro atoms. The number of halogens is 1. The molecule has 0 fully saturated rings. The first-order chi connectivity index (χ1) is 16.8. The molecule has 0 bridgehead atoms. The summed E-state index contributed by atoms with van der Waals surface area (Å²) in [5, 5.41) is 11.2. The van der Waals surface area contributed by atoms with Gasteiger partial charge >= 0.3 is 5.97 Å². The van der Waals surface area contributed by atoms with Crippen molar-refractivity contribution in [1.82, 2.24) is 14.5 Å². The topological polar surface area (TPSA) is 124 Å². The third kappa shape index (κ3) is 3.87. The van der Waals surface area contributed by atoms with Crippen molar-refractivity contribution in [3.63, 3.8) is 0 Å². The summed E-state index contributed by atoms with van der Waals surface area (Å²) in [7, 11) is 0. The van der Waals surface area contributed by atoms with Gasteiger partial charge in [0.1, 0.15) is 22.8 Å². The van der Waals surface area contributed by atoms with Crippen LogP contribution >= 0.6 is 15.9 Å². The average molecular weight is 533 g/mol. The number of nitrogens with two attached hydrogens (primary N) is 1. The van der Waals surface area contributed by atoms with E-state index in [1.54, 1.807) is 30.3 Å². The van der Waals surface area contributed by atoms with Crippen LogP contribution in [-0.4, -0.2) is 31.5 Å². The van der Waals surface area contributed by atoms with Crippen molar-refractivity contribution in [3.8, 4) is 11.3 Å². The Morgan fingerprint density at radius 1 is 1.11 bits per heavy atom. The van der Waals surface area contributed by atoms with Crippen molar-refractivity contribution < 1.29 is 19.1 Å². The molecule has 0 aliphatic carbocycles. The molecule has 1 amide bonds. The van der Waals surface area contributed by atoms with Crippen LogP contribution in [0.3, 0.4) is 0 Å². The van der Waals surface area contributed by atoms with Crippen molar-refractivity contribution in [2.24, 2.45) is 5.73 Å². The van der Waals surface area contributed by atoms with E-state index >= 15 is 0 Å². The Bertz CT molecular complexity index is 1650. The summed E-state index contributed by atoms with van der Waals surface area (Å²) in [6.45, 7) is 4.38. The largest absolute Gasteiger partial charge is 0.478 e. The molecule has 35 heavy (non-hydrogen) atoms. The lowest BCUT2D eigenvalue weighted by atomic mass is 10.0. The molecule has 8 nitrogen and oxygen atoms in total. The Hall–Kier alpha value is -3.98. The number of benzene rings is 2. The number of carbonyl (C=O) groups is 2. The van der Waals surface area contributed by atoms with Crippen LogP contribution in [0, 0.1) is 6.92 Å². The molecular formula is C26H21BrN4O4. The normalized spacial score (nSPS) is 11.4. The molecule has 5 aromatic rings. The SMILES string of the molecule is CCc1nc2c(C)cc(C(N)=O)nc2n1Cc1ccc2c(-c3ccccc3C(=O)O)oc(Br)c2c1. The van der Waals surface area contributed by atoms with Gasteiger partial charge in [0.2, 0.25) is 0 Å². The number of aromatic nitrogens is 3. The monoisotopic (exact) mass is 532 g/mol. The number of rotatable bonds is 6. The number of aryl methyl sites for hydroxylation is 2. The van der Waals surface area contributed by atoms with Crippen LogP contribution in [0.4, 0.5) is 0 Å². The highest BCUT2D eigenvalue weighted by Gasteiger charge is 2.20. The van der Waals surface area contributed by atoms with E-state index in [1.165, 1.54) is 0 Å². The minimum atomic E-state index is -1.02. The molecule has 0 unspecified atom stereocenters. The highest BCUT2D eigenvalue weighted by molar-refractivity contribution is 9.10. The van der Waals surface area contributed by atoms with Crippen LogP contribution in [0.25, 0.3) is 33.3 Å². The molecule has 0 saturated carbocycles. The summed E-state index contributed by atoms with van der Waals surface area (Å²) in [6, 6.07) is 14.3. The van der Waals surface area contributed by atoms with Gasteiger partial charge in [-0.2, -0.15) is 0 Å². The number of pyridine rings is 1. The maximum atomic E-state index is 11.8. The van der Waals surface area contributed by atoms with Gasteiger partial charge in [0.15, 0.2) is 10.3 Å². The molecule has 0 radical (unpaired) electrons. The summed E-state index contributed by atoms with van der Waals surface area (Å²) in [5.74, 6) is -0.268. The highest BCUT2D eigenvalue weighted by atomic mass is 79.9. The number of hydrogen-bond acceptors (Lipinski definition) is 5. The van der Waals surface area contributed by atoms with Gasteiger partial charge in [-0.05, 0) is 52.2 Å². The van der Waals surface area contributed by atoms with Crippen molar-refractivity contribution >= 4 is 49.7 Å². The molecule has 5 rings (SSSR count). The van der Waals surface area contributed by atoms with Gasteiger partial charge in [-0.15, -0.1) is 0 Å². The standard InChI is InChI=1S/C26H21BrN4O4/c1-3-20-30-21-13(2)10-19(24(28)32)29-25(21)31(20)12-14-8-9-16-18(11-14)23(27)35-22(16)15-6-4-5-7-17(15)26(33)34/h4-11H,3,12H2,1-2H3,(H2,28,32)(H,33,34). The van der Waals surface area contributed by atoms with Gasteiger partial charge in [-0.3, -0.25) is 4.79 Å². The number of aromatic carboxylic acids is 1. The molecule has 176 valence electrons. The van der Waals surface area contributed by atoms with Gasteiger partial charge in [-0.1, -0.05) is 37.3 Å². The number of fused-ring (bicyclic) bond motifs is 2. The maximum Gasteiger partial charge on any atom is 0.336 e. The zero-order valence-electron chi connectivity index (χ0n) is 19.0. The lowest BCUT2D eigenvalue weighted by molar-refractivity contribution is 0.0697. The predicted octanol–water partition coefficient (Wildman–Crippen LogP) is 5.32. The van der Waals surface area contributed by atoms with Gasteiger partial charge in [0, 0.05) is 22.8 Å². The molecule has 9 heteroatoms. The van der Waals surface area contributed by atoms with Gasteiger partial charge < -0.3 is 19.8 Å². The summed E-state index contributed by atoms with van der Waals surface area (Å²) in [4.78, 5) is 32.8. The molecule has 0 atom stereocenters. The van der Waals surface area contributed by atoms with Gasteiger partial charge in [-0.25, -0.2) is 14.8 Å². The fourth-order valence-electron chi connectivity index (χ4n) is 4.35. The second-order valence-electron chi connectivity index (χ2n) is 8.26. The van der Waals surface area contributed by atoms with Crippen LogP contribution in [0.15, 0.2) is 57.6 Å². The van der Waals surface area contributed by atoms with Crippen molar-refractivity contribution in [2.45, 2.75) is 26.8 Å². The van der Waals surface area contributed by atoms with E-state index in [0.29, 0.717) is 34.6 Å². The molecule has 0 aliphatic heterocycles. The minimum Gasteiger partial charge on any atom is -0.478 e. The Morgan fingerprint density at radius 2 is 1.89 bits per heavy atom. The minimum absolute atomic E-state index is 0.170. The second kappa shape index (κ2) is 8.66. The third-order valence-electron chi connectivity index (χ3n) is 6.02. The maximum absolute atomic E-state index is 11.8. The summed E-state index contributed by atoms with van der Waals surface area (Å²) in [5.41, 5.74) is 9.53. The molecule has 3 aromatic heterocycles. The molecule has 3 N–H and O–H groups in total. The van der Waals surface area contributed by atoms with Crippen molar-refractivity contribution in [3.05, 3.63) is 81.4 Å². The molecule has 0 aliphatic rings. The number of hydrogen-bond donors (Lipinski definition) is 2. The Morgan fingerprint density at radius 3 is 2.60 bits per heavy atom. The first-order valence-corrected chi connectivity index (χ1v) is 11.8. The van der Waals surface area contributed by atoms with E-state index in [9.17, 15) is 14.7 Å². The Balaban J connectivity index is 1.62. The molecule has 2 aromatic carbocycles. The van der Waals surface area contributed by atoms with E-state index in [-0.39, 0.29) is 11.3 Å². The summed E-state index contributed by atoms with van der Waals surface area (Å²) < 4.78 is 8.48. The quantitative estimate of drug-likeness (QED) is 0.304. The molecule has 0 saturated heterocycles. The average Bonchev–Trinajstić information content (AvgIpc) is 3.36. The van der Waals surface area contributed by atoms with E-state index in [2.05, 4.69) is 20.9 Å². The number of amides is 1. The van der Waals surface area contributed by atoms with Crippen molar-refractivity contribution in [2.75, 3.05) is 0 Å². The Labute approximate surface area is 208 Å². The predicted molar refractivity (Wildman–Crippen MR) is 136 cm³/mol. The number of carbonyl (C=O) groups excluding carboxylic acids is 1. The van der Waals surface area contributed by atoms with E-state index in [4.69, 9.17) is 15.1 Å². The lowest BCUT2D eigenvalue weighted by Gasteiger charge is -2.09. The zero-order valence-corrected chi connectivity index (χ0v) is 20.6. The third-order valence-corrected chi connectivity index (χ3v) is 6.61. The smallest absolute Gasteiger partial charge is 0.336 e. The van der Waals surface area contributed by atoms with Crippen molar-refractivity contribution in [1.29, 1.82) is 0 Å². The molecular weight excluding hydrogens is 512 g/mol. The first kappa shape index (κ1) is 22.8. The van der Waals surface area contributed by atoms with Crippen LogP contribution in [0.2, 0.25) is 0 Å². The number of furan rings is 1. The van der Waals surface area contributed by atoms with Crippen LogP contribution in [0.1, 0.15) is 44.7 Å². The lowest BCUT2D eigenvalue weighted by Crippen LogP contribution is -2.14. The van der Waals surface area contributed by atoms with E-state index in [1.807, 2.05) is 36.6 Å². The number of nitrogens with zero attached hydrogens (tertiary/aromatic N) is 3. The fraction of sp³-hybridized carbons (Fsp3) is 0.154. The van der Waals surface area contributed by atoms with E-state index in [0.717, 1.165) is 33.2 Å².